The van der Waals surface area contributed by atoms with Crippen molar-refractivity contribution >= 4 is 68.0 Å². The van der Waals surface area contributed by atoms with Crippen molar-refractivity contribution in [2.75, 3.05) is 32.9 Å². The zero-order chi connectivity index (χ0) is 22.5. The third-order valence-electron chi connectivity index (χ3n) is 4.66. The number of amides is 2. The standard InChI is InChI=1S/C22H19BrClN3O4S/c23-17-10-14(4-5-18(17)31-13-20(28)27-6-8-30-9-7-27)11-19-21(29)26-22(32-19)25-16-3-1-2-15(24)12-16/h1-5,10-12H,6-9,13H2,(H,25,26,29)/b19-11-. The summed E-state index contributed by atoms with van der Waals surface area (Å²) in [5.74, 6) is 0.265. The van der Waals surface area contributed by atoms with Crippen LogP contribution in [0.1, 0.15) is 5.56 Å². The molecule has 32 heavy (non-hydrogen) atoms. The van der Waals surface area contributed by atoms with Crippen LogP contribution in [0, 0.1) is 0 Å². The van der Waals surface area contributed by atoms with Gasteiger partial charge in [0, 0.05) is 18.1 Å². The number of thioether (sulfide) groups is 1. The average molecular weight is 537 g/mol. The van der Waals surface area contributed by atoms with Crippen molar-refractivity contribution in [3.63, 3.8) is 0 Å². The van der Waals surface area contributed by atoms with Crippen molar-refractivity contribution in [1.82, 2.24) is 10.2 Å². The topological polar surface area (TPSA) is 80.2 Å². The molecule has 1 N–H and O–H groups in total. The number of morpholine rings is 1. The molecule has 2 aromatic carbocycles. The molecule has 0 aliphatic carbocycles. The minimum atomic E-state index is -0.219. The fourth-order valence-electron chi connectivity index (χ4n) is 3.06. The summed E-state index contributed by atoms with van der Waals surface area (Å²) in [4.78, 5) is 31.3. The van der Waals surface area contributed by atoms with Gasteiger partial charge in [-0.2, -0.15) is 0 Å². The van der Waals surface area contributed by atoms with Gasteiger partial charge in [0.1, 0.15) is 5.75 Å². The van der Waals surface area contributed by atoms with Gasteiger partial charge in [-0.25, -0.2) is 4.99 Å². The Balaban J connectivity index is 1.40. The van der Waals surface area contributed by atoms with Crippen LogP contribution in [0.3, 0.4) is 0 Å². The van der Waals surface area contributed by atoms with Crippen LogP contribution >= 0.6 is 39.3 Å². The van der Waals surface area contributed by atoms with E-state index in [1.54, 1.807) is 35.2 Å². The van der Waals surface area contributed by atoms with Gasteiger partial charge in [0.15, 0.2) is 11.8 Å². The molecule has 2 aliphatic heterocycles. The minimum absolute atomic E-state index is 0.0411. The van der Waals surface area contributed by atoms with Crippen LogP contribution < -0.4 is 10.1 Å². The number of nitrogens with one attached hydrogen (secondary N) is 1. The van der Waals surface area contributed by atoms with E-state index in [1.807, 2.05) is 18.2 Å². The number of hydrogen-bond acceptors (Lipinski definition) is 6. The van der Waals surface area contributed by atoms with Gasteiger partial charge in [-0.05, 0) is 69.7 Å². The molecule has 0 atom stereocenters. The quantitative estimate of drug-likeness (QED) is 0.579. The molecular formula is C22H19BrClN3O4S. The summed E-state index contributed by atoms with van der Waals surface area (Å²) < 4.78 is 11.6. The highest BCUT2D eigenvalue weighted by atomic mass is 79.9. The van der Waals surface area contributed by atoms with E-state index in [1.165, 1.54) is 11.8 Å². The van der Waals surface area contributed by atoms with Gasteiger partial charge in [0.25, 0.3) is 11.8 Å². The van der Waals surface area contributed by atoms with Gasteiger partial charge in [-0.1, -0.05) is 23.7 Å². The molecule has 0 saturated carbocycles. The molecule has 2 aromatic rings. The maximum absolute atomic E-state index is 12.3. The highest BCUT2D eigenvalue weighted by Crippen LogP contribution is 2.31. The van der Waals surface area contributed by atoms with Crippen molar-refractivity contribution in [3.8, 4) is 5.75 Å². The van der Waals surface area contributed by atoms with E-state index in [-0.39, 0.29) is 18.4 Å². The van der Waals surface area contributed by atoms with Crippen molar-refractivity contribution in [2.45, 2.75) is 0 Å². The van der Waals surface area contributed by atoms with Crippen LogP contribution in [0.25, 0.3) is 6.08 Å². The van der Waals surface area contributed by atoms with E-state index in [9.17, 15) is 9.59 Å². The number of ether oxygens (including phenoxy) is 2. The van der Waals surface area contributed by atoms with Crippen molar-refractivity contribution < 1.29 is 19.1 Å². The lowest BCUT2D eigenvalue weighted by Crippen LogP contribution is -2.43. The minimum Gasteiger partial charge on any atom is -0.483 e. The Bertz CT molecular complexity index is 1100. The lowest BCUT2D eigenvalue weighted by molar-refractivity contribution is -0.137. The summed E-state index contributed by atoms with van der Waals surface area (Å²) in [5.41, 5.74) is 1.47. The molecule has 2 heterocycles. The van der Waals surface area contributed by atoms with E-state index >= 15 is 0 Å². The lowest BCUT2D eigenvalue weighted by Gasteiger charge is -2.26. The second-order valence-electron chi connectivity index (χ2n) is 6.93. The molecule has 2 saturated heterocycles. The summed E-state index contributed by atoms with van der Waals surface area (Å²) in [6.07, 6.45) is 1.77. The molecule has 2 amide bonds. The highest BCUT2D eigenvalue weighted by Gasteiger charge is 2.24. The van der Waals surface area contributed by atoms with Gasteiger partial charge in [0.2, 0.25) is 0 Å². The first-order valence-corrected chi connectivity index (χ1v) is 11.8. The number of nitrogens with zero attached hydrogens (tertiary/aromatic N) is 2. The van der Waals surface area contributed by atoms with Gasteiger partial charge >= 0.3 is 0 Å². The first-order chi connectivity index (χ1) is 15.5. The summed E-state index contributed by atoms with van der Waals surface area (Å²) >= 11 is 10.7. The Hall–Kier alpha value is -2.33. The average Bonchev–Trinajstić information content (AvgIpc) is 3.12. The summed E-state index contributed by atoms with van der Waals surface area (Å²) in [7, 11) is 0. The van der Waals surface area contributed by atoms with E-state index < -0.39 is 0 Å². The fraction of sp³-hybridized carbons (Fsp3) is 0.227. The van der Waals surface area contributed by atoms with Crippen LogP contribution in [0.5, 0.6) is 5.75 Å². The number of hydrogen-bond donors (Lipinski definition) is 1. The first-order valence-electron chi connectivity index (χ1n) is 9.81. The molecule has 0 bridgehead atoms. The summed E-state index contributed by atoms with van der Waals surface area (Å²) in [5, 5.41) is 3.83. The smallest absolute Gasteiger partial charge is 0.264 e. The number of aliphatic imine (C=N–C) groups is 1. The normalized spacial score (nSPS) is 18.8. The Labute approximate surface area is 202 Å². The SMILES string of the molecule is O=C1NC(=Nc2cccc(Cl)c2)S/C1=C\c1ccc(OCC(=O)N2CCOCC2)c(Br)c1. The third kappa shape index (κ3) is 5.92. The van der Waals surface area contributed by atoms with Gasteiger partial charge in [0.05, 0.1) is 28.3 Å². The summed E-state index contributed by atoms with van der Waals surface area (Å²) in [6, 6.07) is 12.5. The van der Waals surface area contributed by atoms with Crippen molar-refractivity contribution in [1.29, 1.82) is 0 Å². The molecule has 166 valence electrons. The van der Waals surface area contributed by atoms with Crippen molar-refractivity contribution in [3.05, 3.63) is 62.4 Å². The van der Waals surface area contributed by atoms with Crippen molar-refractivity contribution in [2.24, 2.45) is 4.99 Å². The number of halogens is 2. The van der Waals surface area contributed by atoms with E-state index in [4.69, 9.17) is 21.1 Å². The number of carbonyl (C=O) groups excluding carboxylic acids is 2. The second kappa shape index (κ2) is 10.5. The number of amidine groups is 1. The van der Waals surface area contributed by atoms with Crippen LogP contribution in [0.2, 0.25) is 5.02 Å². The van der Waals surface area contributed by atoms with E-state index in [0.29, 0.717) is 57.3 Å². The highest BCUT2D eigenvalue weighted by molar-refractivity contribution is 9.10. The molecule has 0 spiro atoms. The second-order valence-corrected chi connectivity index (χ2v) is 9.25. The van der Waals surface area contributed by atoms with E-state index in [2.05, 4.69) is 26.2 Å². The molecular weight excluding hydrogens is 518 g/mol. The molecule has 10 heteroatoms. The van der Waals surface area contributed by atoms with Gasteiger partial charge in [-0.15, -0.1) is 0 Å². The third-order valence-corrected chi connectivity index (χ3v) is 6.42. The van der Waals surface area contributed by atoms with E-state index in [0.717, 1.165) is 5.56 Å². The molecule has 7 nitrogen and oxygen atoms in total. The van der Waals surface area contributed by atoms with Crippen LogP contribution in [0.4, 0.5) is 5.69 Å². The van der Waals surface area contributed by atoms with Gasteiger partial charge in [-0.3, -0.25) is 9.59 Å². The number of benzene rings is 2. The fourth-order valence-corrected chi connectivity index (χ4v) is 4.60. The maximum atomic E-state index is 12.3. The molecule has 2 fully saturated rings. The Kier molecular flexibility index (Phi) is 7.51. The predicted octanol–water partition coefficient (Wildman–Crippen LogP) is 4.23. The maximum Gasteiger partial charge on any atom is 0.264 e. The largest absolute Gasteiger partial charge is 0.483 e. The zero-order valence-corrected chi connectivity index (χ0v) is 20.0. The zero-order valence-electron chi connectivity index (χ0n) is 16.8. The Morgan fingerprint density at radius 2 is 2.09 bits per heavy atom. The Morgan fingerprint density at radius 1 is 1.28 bits per heavy atom. The Morgan fingerprint density at radius 3 is 2.84 bits per heavy atom. The molecule has 2 aliphatic rings. The predicted molar refractivity (Wildman–Crippen MR) is 129 cm³/mol. The molecule has 0 aromatic heterocycles. The monoisotopic (exact) mass is 535 g/mol. The number of rotatable bonds is 5. The molecule has 4 rings (SSSR count). The lowest BCUT2D eigenvalue weighted by atomic mass is 10.2. The van der Waals surface area contributed by atoms with Crippen LogP contribution in [-0.4, -0.2) is 54.8 Å². The first kappa shape index (κ1) is 22.8. The summed E-state index contributed by atoms with van der Waals surface area (Å²) in [6.45, 7) is 2.23. The van der Waals surface area contributed by atoms with Gasteiger partial charge < -0.3 is 19.7 Å². The van der Waals surface area contributed by atoms with Crippen LogP contribution in [-0.2, 0) is 14.3 Å². The number of carbonyl (C=O) groups is 2. The van der Waals surface area contributed by atoms with Crippen LogP contribution in [0.15, 0.2) is 56.8 Å². The molecule has 0 radical (unpaired) electrons. The molecule has 0 unspecified atom stereocenters.